The number of alkyl halides is 3. The van der Waals surface area contributed by atoms with Crippen molar-refractivity contribution in [1.29, 1.82) is 0 Å². The fourth-order valence-electron chi connectivity index (χ4n) is 4.28. The van der Waals surface area contributed by atoms with Crippen LogP contribution in [0.4, 0.5) is 18.0 Å². The number of aryl methyl sites for hydroxylation is 1. The van der Waals surface area contributed by atoms with Crippen LogP contribution in [0.3, 0.4) is 0 Å². The fourth-order valence-corrected chi connectivity index (χ4v) is 5.28. The summed E-state index contributed by atoms with van der Waals surface area (Å²) in [5.74, 6) is 0. The van der Waals surface area contributed by atoms with E-state index < -0.39 is 18.1 Å². The van der Waals surface area contributed by atoms with Crippen LogP contribution in [0.5, 0.6) is 0 Å². The molecule has 4 heterocycles. The van der Waals surface area contributed by atoms with Crippen LogP contribution in [0.25, 0.3) is 0 Å². The second-order valence-electron chi connectivity index (χ2n) is 7.88. The molecule has 3 fully saturated rings. The van der Waals surface area contributed by atoms with Crippen molar-refractivity contribution >= 4 is 17.4 Å². The van der Waals surface area contributed by atoms with Crippen LogP contribution in [0.1, 0.15) is 28.4 Å². The minimum atomic E-state index is -4.44. The number of amides is 2. The first-order chi connectivity index (χ1) is 13.2. The van der Waals surface area contributed by atoms with Crippen molar-refractivity contribution in [3.05, 3.63) is 15.6 Å². The molecule has 0 aliphatic carbocycles. The van der Waals surface area contributed by atoms with E-state index in [1.165, 1.54) is 0 Å². The first-order valence-electron chi connectivity index (χ1n) is 9.41. The molecule has 0 aromatic carbocycles. The Bertz CT molecular complexity index is 742. The molecular weight excluding hydrogens is 395 g/mol. The van der Waals surface area contributed by atoms with Gasteiger partial charge in [-0.2, -0.15) is 13.2 Å². The average Bonchev–Trinajstić information content (AvgIpc) is 3.16. The summed E-state index contributed by atoms with van der Waals surface area (Å²) >= 11 is 1.08. The van der Waals surface area contributed by atoms with E-state index in [0.29, 0.717) is 50.7 Å². The molecule has 0 saturated carbocycles. The third kappa shape index (κ3) is 3.85. The highest BCUT2D eigenvalue weighted by Gasteiger charge is 2.50. The third-order valence-electron chi connectivity index (χ3n) is 5.71. The number of carbonyl (C=O) groups excluding carboxylic acids is 1. The third-order valence-corrected chi connectivity index (χ3v) is 6.67. The van der Waals surface area contributed by atoms with Gasteiger partial charge in [0.2, 0.25) is 0 Å². The van der Waals surface area contributed by atoms with Crippen molar-refractivity contribution in [3.63, 3.8) is 0 Å². The molecule has 3 aliphatic heterocycles. The molecule has 156 valence electrons. The lowest BCUT2D eigenvalue weighted by Crippen LogP contribution is -2.71. The minimum absolute atomic E-state index is 0.0296. The Kier molecular flexibility index (Phi) is 5.05. The summed E-state index contributed by atoms with van der Waals surface area (Å²) in [6.45, 7) is 5.05. The molecule has 11 heteroatoms. The lowest BCUT2D eigenvalue weighted by molar-refractivity contribution is -0.141. The van der Waals surface area contributed by atoms with Gasteiger partial charge < -0.3 is 14.9 Å². The van der Waals surface area contributed by atoms with Crippen LogP contribution in [0, 0.1) is 6.92 Å². The van der Waals surface area contributed by atoms with Gasteiger partial charge in [-0.25, -0.2) is 9.78 Å². The Morgan fingerprint density at radius 1 is 1.29 bits per heavy atom. The molecule has 0 bridgehead atoms. The number of hydrogen-bond acceptors (Lipinski definition) is 6. The number of nitrogens with one attached hydrogen (secondary N) is 1. The van der Waals surface area contributed by atoms with E-state index in [4.69, 9.17) is 0 Å². The highest BCUT2D eigenvalue weighted by atomic mass is 32.1. The molecule has 7 nitrogen and oxygen atoms in total. The average molecular weight is 419 g/mol. The van der Waals surface area contributed by atoms with Crippen LogP contribution in [0.15, 0.2) is 0 Å². The summed E-state index contributed by atoms with van der Waals surface area (Å²) in [6, 6.07) is -0.0296. The highest BCUT2D eigenvalue weighted by molar-refractivity contribution is 7.11. The van der Waals surface area contributed by atoms with E-state index in [1.54, 1.807) is 16.7 Å². The number of aliphatic hydroxyl groups excluding tert-OH is 1. The Hall–Kier alpha value is -1.43. The number of aliphatic hydroxyl groups is 1. The second-order valence-corrected chi connectivity index (χ2v) is 9.17. The van der Waals surface area contributed by atoms with Gasteiger partial charge in [0.1, 0.15) is 6.23 Å². The van der Waals surface area contributed by atoms with Gasteiger partial charge in [-0.1, -0.05) is 0 Å². The van der Waals surface area contributed by atoms with Gasteiger partial charge in [-0.05, 0) is 19.8 Å². The van der Waals surface area contributed by atoms with Crippen molar-refractivity contribution in [2.45, 2.75) is 44.3 Å². The number of carbonyl (C=O) groups is 1. The highest BCUT2D eigenvalue weighted by Crippen LogP contribution is 2.35. The SMILES string of the molecule is Cc1nc(C(F)(F)F)c(CN2CCN(C(=O)N3CC4(CCC(O)N4)C3)CC2)s1. The smallest absolute Gasteiger partial charge is 0.379 e. The van der Waals surface area contributed by atoms with Crippen molar-refractivity contribution in [2.75, 3.05) is 39.3 Å². The number of urea groups is 1. The standard InChI is InChI=1S/C17H24F3N5O2S/c1-11-21-14(17(18,19)20)12(28-11)8-23-4-6-24(7-5-23)15(27)25-9-16(10-25)3-2-13(26)22-16/h13,22,26H,2-10H2,1H3. The molecule has 28 heavy (non-hydrogen) atoms. The lowest BCUT2D eigenvalue weighted by Gasteiger charge is -2.50. The molecule has 2 amide bonds. The summed E-state index contributed by atoms with van der Waals surface area (Å²) in [5.41, 5.74) is -0.930. The maximum absolute atomic E-state index is 13.1. The fraction of sp³-hybridized carbons (Fsp3) is 0.765. The number of likely N-dealkylation sites (tertiary alicyclic amines) is 1. The number of rotatable bonds is 2. The van der Waals surface area contributed by atoms with E-state index in [9.17, 15) is 23.1 Å². The minimum Gasteiger partial charge on any atom is -0.379 e. The predicted molar refractivity (Wildman–Crippen MR) is 96.8 cm³/mol. The molecular formula is C17H24F3N5O2S. The van der Waals surface area contributed by atoms with E-state index in [2.05, 4.69) is 10.3 Å². The Balaban J connectivity index is 1.28. The van der Waals surface area contributed by atoms with E-state index >= 15 is 0 Å². The molecule has 1 aromatic rings. The summed E-state index contributed by atoms with van der Waals surface area (Å²) in [7, 11) is 0. The summed E-state index contributed by atoms with van der Waals surface area (Å²) in [5, 5.41) is 13.2. The summed E-state index contributed by atoms with van der Waals surface area (Å²) in [4.78, 5) is 22.0. The van der Waals surface area contributed by atoms with E-state index in [0.717, 1.165) is 17.8 Å². The number of nitrogens with zero attached hydrogens (tertiary/aromatic N) is 4. The molecule has 0 radical (unpaired) electrons. The quantitative estimate of drug-likeness (QED) is 0.760. The second kappa shape index (κ2) is 7.12. The van der Waals surface area contributed by atoms with Crippen LogP contribution in [-0.2, 0) is 12.7 Å². The zero-order valence-corrected chi connectivity index (χ0v) is 16.4. The number of thiazole rings is 1. The van der Waals surface area contributed by atoms with E-state index in [-0.39, 0.29) is 23.0 Å². The van der Waals surface area contributed by atoms with Gasteiger partial charge in [-0.3, -0.25) is 10.2 Å². The Labute approximate surface area is 165 Å². The largest absolute Gasteiger partial charge is 0.434 e. The van der Waals surface area contributed by atoms with Crippen molar-refractivity contribution in [2.24, 2.45) is 0 Å². The summed E-state index contributed by atoms with van der Waals surface area (Å²) < 4.78 is 39.3. The number of aromatic nitrogens is 1. The maximum Gasteiger partial charge on any atom is 0.434 e. The first kappa shape index (κ1) is 19.9. The molecule has 3 saturated heterocycles. The Morgan fingerprint density at radius 3 is 2.54 bits per heavy atom. The molecule has 1 atom stereocenters. The normalized spacial score (nSPS) is 25.4. The van der Waals surface area contributed by atoms with Gasteiger partial charge in [0, 0.05) is 45.8 Å². The van der Waals surface area contributed by atoms with Gasteiger partial charge in [0.15, 0.2) is 5.69 Å². The molecule has 3 aliphatic rings. The lowest BCUT2D eigenvalue weighted by atomic mass is 9.88. The van der Waals surface area contributed by atoms with Gasteiger partial charge in [0.05, 0.1) is 15.4 Å². The summed E-state index contributed by atoms with van der Waals surface area (Å²) in [6.07, 6.45) is -3.36. The Morgan fingerprint density at radius 2 is 1.96 bits per heavy atom. The van der Waals surface area contributed by atoms with Gasteiger partial charge >= 0.3 is 12.2 Å². The van der Waals surface area contributed by atoms with Crippen LogP contribution in [0.2, 0.25) is 0 Å². The molecule has 2 N–H and O–H groups in total. The zero-order valence-electron chi connectivity index (χ0n) is 15.6. The van der Waals surface area contributed by atoms with E-state index in [1.807, 2.05) is 4.90 Å². The predicted octanol–water partition coefficient (Wildman–Crippen LogP) is 1.46. The van der Waals surface area contributed by atoms with Gasteiger partial charge in [0.25, 0.3) is 0 Å². The zero-order chi connectivity index (χ0) is 20.1. The molecule has 4 rings (SSSR count). The molecule has 1 aromatic heterocycles. The first-order valence-corrected chi connectivity index (χ1v) is 10.2. The van der Waals surface area contributed by atoms with Crippen LogP contribution in [-0.4, -0.2) is 81.9 Å². The monoisotopic (exact) mass is 419 g/mol. The molecule has 1 spiro atoms. The maximum atomic E-state index is 13.1. The topological polar surface area (TPSA) is 71.9 Å². The number of halogens is 3. The molecule has 1 unspecified atom stereocenters. The number of piperazine rings is 1. The van der Waals surface area contributed by atoms with Crippen molar-refractivity contribution in [1.82, 2.24) is 25.0 Å². The van der Waals surface area contributed by atoms with Crippen LogP contribution >= 0.6 is 11.3 Å². The van der Waals surface area contributed by atoms with Crippen molar-refractivity contribution < 1.29 is 23.1 Å². The van der Waals surface area contributed by atoms with Gasteiger partial charge in [-0.15, -0.1) is 11.3 Å². The number of hydrogen-bond donors (Lipinski definition) is 2. The van der Waals surface area contributed by atoms with Crippen molar-refractivity contribution in [3.8, 4) is 0 Å². The van der Waals surface area contributed by atoms with Crippen LogP contribution < -0.4 is 5.32 Å².